The molecule has 0 fully saturated rings. The SMILES string of the molecule is C=CS(=O)C(Cl)(Cl)Cl. The van der Waals surface area contributed by atoms with E-state index in [9.17, 15) is 4.21 Å². The van der Waals surface area contributed by atoms with E-state index in [1.165, 1.54) is 0 Å². The first kappa shape index (κ1) is 8.76. The van der Waals surface area contributed by atoms with Crippen LogP contribution in [0.1, 0.15) is 0 Å². The smallest absolute Gasteiger partial charge is 0.250 e. The van der Waals surface area contributed by atoms with Gasteiger partial charge in [-0.15, -0.1) is 0 Å². The minimum Gasteiger partial charge on any atom is -0.250 e. The average molecular weight is 193 g/mol. The molecule has 0 N–H and O–H groups in total. The molecular weight excluding hydrogens is 190 g/mol. The van der Waals surface area contributed by atoms with Crippen LogP contribution in [0.4, 0.5) is 0 Å². The fourth-order valence-corrected chi connectivity index (χ4v) is 0.850. The molecule has 0 aliphatic carbocycles. The Kier molecular flexibility index (Phi) is 3.35. The quantitative estimate of drug-likeness (QED) is 0.584. The van der Waals surface area contributed by atoms with Crippen molar-refractivity contribution < 1.29 is 4.21 Å². The van der Waals surface area contributed by atoms with Crippen LogP contribution in [-0.4, -0.2) is 7.33 Å². The molecule has 0 radical (unpaired) electrons. The summed E-state index contributed by atoms with van der Waals surface area (Å²) in [5.41, 5.74) is 0. The van der Waals surface area contributed by atoms with E-state index in [-0.39, 0.29) is 0 Å². The molecule has 0 spiro atoms. The molecule has 0 saturated heterocycles. The summed E-state index contributed by atoms with van der Waals surface area (Å²) in [7, 11) is -1.58. The summed E-state index contributed by atoms with van der Waals surface area (Å²) in [4.78, 5) is 0. The zero-order valence-electron chi connectivity index (χ0n) is 3.73. The number of rotatable bonds is 1. The highest BCUT2D eigenvalue weighted by molar-refractivity contribution is 7.93. The maximum absolute atomic E-state index is 10.4. The van der Waals surface area contributed by atoms with E-state index in [4.69, 9.17) is 34.8 Å². The highest BCUT2D eigenvalue weighted by atomic mass is 35.6. The zero-order valence-corrected chi connectivity index (χ0v) is 6.82. The molecule has 0 rings (SSSR count). The van der Waals surface area contributed by atoms with Gasteiger partial charge in [0.05, 0.1) is 10.8 Å². The van der Waals surface area contributed by atoms with Crippen molar-refractivity contribution in [2.75, 3.05) is 0 Å². The number of alkyl halides is 3. The Morgan fingerprint density at radius 2 is 1.88 bits per heavy atom. The first-order valence-electron chi connectivity index (χ1n) is 1.58. The Hall–Kier alpha value is 0.760. The molecule has 0 heterocycles. The molecule has 1 atom stereocenters. The van der Waals surface area contributed by atoms with Gasteiger partial charge in [-0.1, -0.05) is 41.4 Å². The molecule has 8 heavy (non-hydrogen) atoms. The lowest BCUT2D eigenvalue weighted by atomic mass is 11.3. The van der Waals surface area contributed by atoms with Crippen LogP contribution >= 0.6 is 34.8 Å². The fraction of sp³-hybridized carbons (Fsp3) is 0.333. The van der Waals surface area contributed by atoms with Crippen LogP contribution in [-0.2, 0) is 10.8 Å². The van der Waals surface area contributed by atoms with Crippen molar-refractivity contribution in [1.82, 2.24) is 0 Å². The van der Waals surface area contributed by atoms with Gasteiger partial charge in [0.25, 0.3) is 3.12 Å². The van der Waals surface area contributed by atoms with Gasteiger partial charge in [0.2, 0.25) is 0 Å². The van der Waals surface area contributed by atoms with E-state index in [0.29, 0.717) is 0 Å². The predicted molar refractivity (Wildman–Crippen MR) is 38.6 cm³/mol. The van der Waals surface area contributed by atoms with E-state index in [1.54, 1.807) is 0 Å². The maximum atomic E-state index is 10.4. The normalized spacial score (nSPS) is 15.4. The second-order valence-corrected chi connectivity index (χ2v) is 5.40. The van der Waals surface area contributed by atoms with Gasteiger partial charge in [-0.2, -0.15) is 0 Å². The molecule has 0 aliphatic rings. The Morgan fingerprint density at radius 1 is 1.50 bits per heavy atom. The summed E-state index contributed by atoms with van der Waals surface area (Å²) in [6, 6.07) is 0. The lowest BCUT2D eigenvalue weighted by Crippen LogP contribution is -2.07. The second-order valence-electron chi connectivity index (χ2n) is 0.910. The van der Waals surface area contributed by atoms with E-state index in [1.807, 2.05) is 0 Å². The van der Waals surface area contributed by atoms with Gasteiger partial charge in [-0.05, 0) is 5.41 Å². The minimum absolute atomic E-state index is 1.08. The van der Waals surface area contributed by atoms with Crippen molar-refractivity contribution in [3.8, 4) is 0 Å². The minimum atomic E-state index is -1.72. The zero-order chi connectivity index (χ0) is 6.78. The molecule has 0 aromatic rings. The van der Waals surface area contributed by atoms with Crippen molar-refractivity contribution in [2.45, 2.75) is 3.12 Å². The Balaban J connectivity index is 4.02. The molecule has 0 bridgehead atoms. The Labute approximate surface area is 65.1 Å². The van der Waals surface area contributed by atoms with E-state index >= 15 is 0 Å². The molecular formula is C3H3Cl3OS. The molecule has 0 aromatic carbocycles. The summed E-state index contributed by atoms with van der Waals surface area (Å²) in [5.74, 6) is 0. The van der Waals surface area contributed by atoms with Crippen molar-refractivity contribution >= 4 is 45.6 Å². The number of hydrogen-bond donors (Lipinski definition) is 0. The first-order chi connectivity index (χ1) is 3.48. The summed E-state index contributed by atoms with van der Waals surface area (Å²) in [6.45, 7) is 3.17. The monoisotopic (exact) mass is 192 g/mol. The van der Waals surface area contributed by atoms with Gasteiger partial charge >= 0.3 is 0 Å². The molecule has 0 amide bonds. The van der Waals surface area contributed by atoms with E-state index < -0.39 is 13.9 Å². The lowest BCUT2D eigenvalue weighted by molar-refractivity contribution is 0.689. The van der Waals surface area contributed by atoms with Gasteiger partial charge < -0.3 is 0 Å². The third-order valence-corrected chi connectivity index (χ3v) is 2.51. The second kappa shape index (κ2) is 3.06. The molecule has 5 heteroatoms. The predicted octanol–water partition coefficient (Wildman–Crippen LogP) is 2.21. The summed E-state index contributed by atoms with van der Waals surface area (Å²) < 4.78 is 8.71. The van der Waals surface area contributed by atoms with Crippen LogP contribution in [0.5, 0.6) is 0 Å². The van der Waals surface area contributed by atoms with Crippen molar-refractivity contribution in [1.29, 1.82) is 0 Å². The summed E-state index contributed by atoms with van der Waals surface area (Å²) >= 11 is 15.4. The Morgan fingerprint density at radius 3 is 1.88 bits per heavy atom. The number of halogens is 3. The topological polar surface area (TPSA) is 17.1 Å². The van der Waals surface area contributed by atoms with Crippen LogP contribution in [0, 0.1) is 0 Å². The lowest BCUT2D eigenvalue weighted by Gasteiger charge is -2.03. The first-order valence-corrected chi connectivity index (χ1v) is 3.93. The van der Waals surface area contributed by atoms with Crippen molar-refractivity contribution in [3.05, 3.63) is 12.0 Å². The summed E-state index contributed by atoms with van der Waals surface area (Å²) in [6.07, 6.45) is 0. The third kappa shape index (κ3) is 2.92. The molecule has 0 saturated carbocycles. The summed E-state index contributed by atoms with van der Waals surface area (Å²) in [5, 5.41) is 1.08. The van der Waals surface area contributed by atoms with Gasteiger partial charge in [-0.25, -0.2) is 0 Å². The Bertz CT molecular complexity index is 116. The molecule has 1 nitrogen and oxygen atoms in total. The maximum Gasteiger partial charge on any atom is 0.269 e. The van der Waals surface area contributed by atoms with Crippen LogP contribution in [0.15, 0.2) is 12.0 Å². The van der Waals surface area contributed by atoms with Gasteiger partial charge in [-0.3, -0.25) is 4.21 Å². The van der Waals surface area contributed by atoms with Crippen molar-refractivity contribution in [2.24, 2.45) is 0 Å². The molecule has 0 aliphatic heterocycles. The third-order valence-electron chi connectivity index (χ3n) is 0.379. The largest absolute Gasteiger partial charge is 0.269 e. The molecule has 0 aromatic heterocycles. The standard InChI is InChI=1S/C3H3Cl3OS/c1-2-8(7)3(4,5)6/h2H,1H2. The molecule has 1 unspecified atom stereocenters. The van der Waals surface area contributed by atoms with E-state index in [0.717, 1.165) is 5.41 Å². The van der Waals surface area contributed by atoms with Gasteiger partial charge in [0, 0.05) is 0 Å². The van der Waals surface area contributed by atoms with Gasteiger partial charge in [0.1, 0.15) is 0 Å². The van der Waals surface area contributed by atoms with Crippen LogP contribution in [0.2, 0.25) is 0 Å². The van der Waals surface area contributed by atoms with Crippen LogP contribution < -0.4 is 0 Å². The van der Waals surface area contributed by atoms with E-state index in [2.05, 4.69) is 6.58 Å². The van der Waals surface area contributed by atoms with Gasteiger partial charge in [0.15, 0.2) is 0 Å². The average Bonchev–Trinajstić information content (AvgIpc) is 1.62. The number of hydrogen-bond acceptors (Lipinski definition) is 1. The van der Waals surface area contributed by atoms with Crippen molar-refractivity contribution in [3.63, 3.8) is 0 Å². The molecule has 48 valence electrons. The highest BCUT2D eigenvalue weighted by Crippen LogP contribution is 2.30. The highest BCUT2D eigenvalue weighted by Gasteiger charge is 2.25. The van der Waals surface area contributed by atoms with Crippen LogP contribution in [0.25, 0.3) is 0 Å². The fourth-order valence-electron chi connectivity index (χ4n) is 0.0945. The van der Waals surface area contributed by atoms with Crippen LogP contribution in [0.3, 0.4) is 0 Å².